The van der Waals surface area contributed by atoms with Crippen LogP contribution in [0.4, 0.5) is 0 Å². The molecule has 1 saturated heterocycles. The van der Waals surface area contributed by atoms with Crippen LogP contribution in [0.25, 0.3) is 0 Å². The molecule has 2 rings (SSSR count). The molecule has 0 radical (unpaired) electrons. The normalized spacial score (nSPS) is 25.8. The molecule has 1 aromatic carbocycles. The third-order valence-electron chi connectivity index (χ3n) is 3.44. The van der Waals surface area contributed by atoms with Crippen molar-refractivity contribution in [3.05, 3.63) is 34.9 Å². The van der Waals surface area contributed by atoms with Crippen LogP contribution in [-0.4, -0.2) is 36.1 Å². The highest BCUT2D eigenvalue weighted by molar-refractivity contribution is 6.31. The van der Waals surface area contributed by atoms with E-state index in [1.165, 1.54) is 0 Å². The average Bonchev–Trinajstić information content (AvgIpc) is 2.30. The van der Waals surface area contributed by atoms with E-state index in [1.54, 1.807) is 0 Å². The smallest absolute Gasteiger partial charge is 0.308 e. The predicted molar refractivity (Wildman–Crippen MR) is 67.4 cm³/mol. The molecule has 0 aromatic heterocycles. The Balaban J connectivity index is 2.30. The SMILES string of the molecule is CN1CCC(c2ccccc2Cl)C(C(=O)O)C1. The summed E-state index contributed by atoms with van der Waals surface area (Å²) in [4.78, 5) is 13.4. The molecule has 0 saturated carbocycles. The molecule has 0 amide bonds. The summed E-state index contributed by atoms with van der Waals surface area (Å²) in [6.45, 7) is 1.50. The summed E-state index contributed by atoms with van der Waals surface area (Å²) in [7, 11) is 1.96. The minimum atomic E-state index is -0.735. The minimum Gasteiger partial charge on any atom is -0.481 e. The summed E-state index contributed by atoms with van der Waals surface area (Å²) in [5.74, 6) is -1.08. The third kappa shape index (κ3) is 2.61. The fraction of sp³-hybridized carbons (Fsp3) is 0.462. The lowest BCUT2D eigenvalue weighted by molar-refractivity contribution is -0.144. The predicted octanol–water partition coefficient (Wildman–Crippen LogP) is 2.46. The second-order valence-corrected chi connectivity index (χ2v) is 5.03. The number of halogens is 1. The Labute approximate surface area is 106 Å². The fourth-order valence-corrected chi connectivity index (χ4v) is 2.79. The van der Waals surface area contributed by atoms with Gasteiger partial charge in [0.15, 0.2) is 0 Å². The maximum atomic E-state index is 11.3. The van der Waals surface area contributed by atoms with E-state index in [4.69, 9.17) is 11.6 Å². The van der Waals surface area contributed by atoms with Gasteiger partial charge in [-0.15, -0.1) is 0 Å². The molecule has 1 aliphatic heterocycles. The average molecular weight is 254 g/mol. The van der Waals surface area contributed by atoms with Gasteiger partial charge in [-0.25, -0.2) is 0 Å². The number of carboxylic acid groups (broad SMARTS) is 1. The molecule has 0 spiro atoms. The van der Waals surface area contributed by atoms with Crippen molar-refractivity contribution < 1.29 is 9.90 Å². The summed E-state index contributed by atoms with van der Waals surface area (Å²) in [5.41, 5.74) is 0.967. The van der Waals surface area contributed by atoms with Crippen LogP contribution in [0.2, 0.25) is 5.02 Å². The molecule has 0 aliphatic carbocycles. The first-order chi connectivity index (χ1) is 8.09. The lowest BCUT2D eigenvalue weighted by Crippen LogP contribution is -2.40. The van der Waals surface area contributed by atoms with E-state index in [-0.39, 0.29) is 11.8 Å². The Morgan fingerprint density at radius 1 is 1.47 bits per heavy atom. The van der Waals surface area contributed by atoms with Crippen LogP contribution in [0, 0.1) is 5.92 Å². The number of carbonyl (C=O) groups is 1. The molecule has 17 heavy (non-hydrogen) atoms. The van der Waals surface area contributed by atoms with Crippen molar-refractivity contribution in [2.75, 3.05) is 20.1 Å². The van der Waals surface area contributed by atoms with Crippen LogP contribution in [-0.2, 0) is 4.79 Å². The van der Waals surface area contributed by atoms with Gasteiger partial charge in [-0.05, 0) is 31.6 Å². The molecule has 1 heterocycles. The first kappa shape index (κ1) is 12.4. The number of aliphatic carboxylic acids is 1. The highest BCUT2D eigenvalue weighted by atomic mass is 35.5. The third-order valence-corrected chi connectivity index (χ3v) is 3.78. The van der Waals surface area contributed by atoms with Crippen molar-refractivity contribution in [2.45, 2.75) is 12.3 Å². The van der Waals surface area contributed by atoms with Gasteiger partial charge in [0.2, 0.25) is 0 Å². The van der Waals surface area contributed by atoms with E-state index in [0.29, 0.717) is 11.6 Å². The van der Waals surface area contributed by atoms with E-state index in [9.17, 15) is 9.90 Å². The van der Waals surface area contributed by atoms with Crippen LogP contribution >= 0.6 is 11.6 Å². The van der Waals surface area contributed by atoms with E-state index in [1.807, 2.05) is 31.3 Å². The number of nitrogens with zero attached hydrogens (tertiary/aromatic N) is 1. The largest absolute Gasteiger partial charge is 0.481 e. The van der Waals surface area contributed by atoms with Crippen molar-refractivity contribution in [3.63, 3.8) is 0 Å². The van der Waals surface area contributed by atoms with Crippen molar-refractivity contribution in [2.24, 2.45) is 5.92 Å². The van der Waals surface area contributed by atoms with Crippen LogP contribution in [0.1, 0.15) is 17.9 Å². The molecule has 3 nitrogen and oxygen atoms in total. The topological polar surface area (TPSA) is 40.5 Å². The zero-order chi connectivity index (χ0) is 12.4. The zero-order valence-corrected chi connectivity index (χ0v) is 10.5. The number of benzene rings is 1. The summed E-state index contributed by atoms with van der Waals surface area (Å²) in [5, 5.41) is 9.98. The Kier molecular flexibility index (Phi) is 3.69. The van der Waals surface area contributed by atoms with Crippen LogP contribution in [0.3, 0.4) is 0 Å². The number of likely N-dealkylation sites (tertiary alicyclic amines) is 1. The van der Waals surface area contributed by atoms with Crippen molar-refractivity contribution >= 4 is 17.6 Å². The highest BCUT2D eigenvalue weighted by Gasteiger charge is 2.34. The second-order valence-electron chi connectivity index (χ2n) is 4.62. The van der Waals surface area contributed by atoms with Crippen molar-refractivity contribution in [1.82, 2.24) is 4.90 Å². The van der Waals surface area contributed by atoms with E-state index >= 15 is 0 Å². The van der Waals surface area contributed by atoms with Crippen LogP contribution < -0.4 is 0 Å². The summed E-state index contributed by atoms with van der Waals surface area (Å²) >= 11 is 6.16. The second kappa shape index (κ2) is 5.07. The van der Waals surface area contributed by atoms with Gasteiger partial charge in [-0.1, -0.05) is 29.8 Å². The molecule has 1 fully saturated rings. The van der Waals surface area contributed by atoms with Gasteiger partial charge < -0.3 is 10.0 Å². The fourth-order valence-electron chi connectivity index (χ4n) is 2.51. The Bertz CT molecular complexity index is 422. The van der Waals surface area contributed by atoms with Crippen molar-refractivity contribution in [1.29, 1.82) is 0 Å². The number of hydrogen-bond acceptors (Lipinski definition) is 2. The minimum absolute atomic E-state index is 0.0254. The van der Waals surface area contributed by atoms with Crippen LogP contribution in [0.5, 0.6) is 0 Å². The van der Waals surface area contributed by atoms with Crippen LogP contribution in [0.15, 0.2) is 24.3 Å². The molecule has 4 heteroatoms. The van der Waals surface area contributed by atoms with E-state index in [2.05, 4.69) is 4.90 Å². The molecular weight excluding hydrogens is 238 g/mol. The standard InChI is InChI=1S/C13H16ClNO2/c1-15-7-6-9(11(8-15)13(16)17)10-4-2-3-5-12(10)14/h2-5,9,11H,6-8H2,1H3,(H,16,17). The maximum absolute atomic E-state index is 11.3. The Hall–Kier alpha value is -1.06. The zero-order valence-electron chi connectivity index (χ0n) is 9.77. The van der Waals surface area contributed by atoms with E-state index < -0.39 is 5.97 Å². The van der Waals surface area contributed by atoms with Gasteiger partial charge in [0, 0.05) is 17.5 Å². The van der Waals surface area contributed by atoms with Gasteiger partial charge in [0.05, 0.1) is 5.92 Å². The first-order valence-corrected chi connectivity index (χ1v) is 6.13. The molecule has 0 bridgehead atoms. The Morgan fingerprint density at radius 3 is 2.82 bits per heavy atom. The molecule has 1 aromatic rings. The lowest BCUT2D eigenvalue weighted by Gasteiger charge is -2.35. The van der Waals surface area contributed by atoms with Gasteiger partial charge in [-0.2, -0.15) is 0 Å². The number of rotatable bonds is 2. The van der Waals surface area contributed by atoms with Crippen molar-refractivity contribution in [3.8, 4) is 0 Å². The molecule has 1 N–H and O–H groups in total. The number of piperidine rings is 1. The molecule has 92 valence electrons. The summed E-state index contributed by atoms with van der Waals surface area (Å²) < 4.78 is 0. The number of hydrogen-bond donors (Lipinski definition) is 1. The van der Waals surface area contributed by atoms with E-state index in [0.717, 1.165) is 18.5 Å². The maximum Gasteiger partial charge on any atom is 0.308 e. The molecule has 2 unspecified atom stereocenters. The van der Waals surface area contributed by atoms with Gasteiger partial charge in [0.25, 0.3) is 0 Å². The van der Waals surface area contributed by atoms with Gasteiger partial charge >= 0.3 is 5.97 Å². The molecular formula is C13H16ClNO2. The summed E-state index contributed by atoms with van der Waals surface area (Å²) in [6, 6.07) is 7.55. The highest BCUT2D eigenvalue weighted by Crippen LogP contribution is 2.36. The lowest BCUT2D eigenvalue weighted by atomic mass is 9.80. The summed E-state index contributed by atoms with van der Waals surface area (Å²) in [6.07, 6.45) is 0.844. The molecule has 1 aliphatic rings. The number of carboxylic acids is 1. The van der Waals surface area contributed by atoms with Gasteiger partial charge in [0.1, 0.15) is 0 Å². The molecule has 2 atom stereocenters. The quantitative estimate of drug-likeness (QED) is 0.880. The monoisotopic (exact) mass is 253 g/mol. The first-order valence-electron chi connectivity index (χ1n) is 5.75. The Morgan fingerprint density at radius 2 is 2.18 bits per heavy atom. The van der Waals surface area contributed by atoms with Gasteiger partial charge in [-0.3, -0.25) is 4.79 Å².